The molecule has 3 amide bonds. The van der Waals surface area contributed by atoms with Crippen LogP contribution in [0.3, 0.4) is 0 Å². The van der Waals surface area contributed by atoms with Crippen molar-refractivity contribution in [1.82, 2.24) is 15.5 Å². The van der Waals surface area contributed by atoms with Gasteiger partial charge in [-0.25, -0.2) is 4.79 Å². The zero-order chi connectivity index (χ0) is 24.3. The maximum Gasteiger partial charge on any atom is 0.408 e. The summed E-state index contributed by atoms with van der Waals surface area (Å²) in [7, 11) is 0. The van der Waals surface area contributed by atoms with Crippen LogP contribution >= 0.6 is 0 Å². The molecule has 0 bridgehead atoms. The summed E-state index contributed by atoms with van der Waals surface area (Å²) in [5.41, 5.74) is 0.0685. The van der Waals surface area contributed by atoms with Crippen molar-refractivity contribution in [2.75, 3.05) is 6.54 Å². The van der Waals surface area contributed by atoms with Crippen molar-refractivity contribution < 1.29 is 19.1 Å². The Morgan fingerprint density at radius 3 is 2.16 bits per heavy atom. The quantitative estimate of drug-likeness (QED) is 0.520. The predicted molar refractivity (Wildman–Crippen MR) is 127 cm³/mol. The number of nitrogens with one attached hydrogen (secondary N) is 2. The number of carbonyl (C=O) groups excluding carboxylic acids is 3. The van der Waals surface area contributed by atoms with Crippen molar-refractivity contribution in [1.29, 1.82) is 0 Å². The summed E-state index contributed by atoms with van der Waals surface area (Å²) in [5, 5.41) is 5.67. The SMILES string of the molecule is CCCCN(C(=O)C(C)NC(=O)OC(C)(C)C)C(C(=O)NC(C)CCC)c1ccccc1. The lowest BCUT2D eigenvalue weighted by Gasteiger charge is -2.34. The van der Waals surface area contributed by atoms with Crippen LogP contribution in [0.5, 0.6) is 0 Å². The number of benzene rings is 1. The largest absolute Gasteiger partial charge is 0.444 e. The fourth-order valence-corrected chi connectivity index (χ4v) is 3.42. The third-order valence-corrected chi connectivity index (χ3v) is 4.92. The highest BCUT2D eigenvalue weighted by Gasteiger charge is 2.34. The number of alkyl carbamates (subject to hydrolysis) is 1. The van der Waals surface area contributed by atoms with Crippen LogP contribution in [0.2, 0.25) is 0 Å². The van der Waals surface area contributed by atoms with Gasteiger partial charge in [-0.2, -0.15) is 0 Å². The van der Waals surface area contributed by atoms with Gasteiger partial charge >= 0.3 is 6.09 Å². The van der Waals surface area contributed by atoms with E-state index in [-0.39, 0.29) is 17.9 Å². The maximum absolute atomic E-state index is 13.5. The van der Waals surface area contributed by atoms with Crippen LogP contribution < -0.4 is 10.6 Å². The molecule has 0 aliphatic heterocycles. The van der Waals surface area contributed by atoms with Gasteiger partial charge < -0.3 is 20.3 Å². The topological polar surface area (TPSA) is 87.7 Å². The summed E-state index contributed by atoms with van der Waals surface area (Å²) in [4.78, 5) is 40.6. The molecule has 1 aromatic rings. The first-order chi connectivity index (χ1) is 15.0. The monoisotopic (exact) mass is 447 g/mol. The number of amides is 3. The van der Waals surface area contributed by atoms with Gasteiger partial charge in [0, 0.05) is 12.6 Å². The van der Waals surface area contributed by atoms with E-state index in [1.54, 1.807) is 32.6 Å². The lowest BCUT2D eigenvalue weighted by Crippen LogP contribution is -2.52. The van der Waals surface area contributed by atoms with Crippen LogP contribution in [0.4, 0.5) is 4.79 Å². The van der Waals surface area contributed by atoms with Gasteiger partial charge in [-0.15, -0.1) is 0 Å². The molecule has 0 aliphatic carbocycles. The van der Waals surface area contributed by atoms with E-state index in [2.05, 4.69) is 17.6 Å². The minimum atomic E-state index is -0.839. The van der Waals surface area contributed by atoms with Crippen molar-refractivity contribution in [3.63, 3.8) is 0 Å². The van der Waals surface area contributed by atoms with Crippen LogP contribution in [0.15, 0.2) is 30.3 Å². The Hall–Kier alpha value is -2.57. The summed E-state index contributed by atoms with van der Waals surface area (Å²) in [5.74, 6) is -0.539. The van der Waals surface area contributed by atoms with E-state index >= 15 is 0 Å². The molecule has 180 valence electrons. The molecule has 0 heterocycles. The van der Waals surface area contributed by atoms with E-state index in [4.69, 9.17) is 4.74 Å². The molecule has 0 saturated carbocycles. The molecule has 0 radical (unpaired) electrons. The number of rotatable bonds is 11. The van der Waals surface area contributed by atoms with Gasteiger partial charge in [-0.1, -0.05) is 57.0 Å². The number of carbonyl (C=O) groups is 3. The Labute approximate surface area is 193 Å². The third-order valence-electron chi connectivity index (χ3n) is 4.92. The fraction of sp³-hybridized carbons (Fsp3) is 0.640. The molecular weight excluding hydrogens is 406 g/mol. The summed E-state index contributed by atoms with van der Waals surface area (Å²) in [6.45, 7) is 13.4. The zero-order valence-electron chi connectivity index (χ0n) is 20.7. The standard InChI is InChI=1S/C25H41N3O4/c1-8-10-17-28(23(30)19(4)27-24(31)32-25(5,6)7)21(20-15-12-11-13-16-20)22(29)26-18(3)14-9-2/h11-13,15-16,18-19,21H,8-10,14,17H2,1-7H3,(H,26,29)(H,27,31). The average Bonchev–Trinajstić information content (AvgIpc) is 2.69. The molecule has 0 spiro atoms. The molecule has 1 aromatic carbocycles. The number of hydrogen-bond acceptors (Lipinski definition) is 4. The first-order valence-electron chi connectivity index (χ1n) is 11.6. The lowest BCUT2D eigenvalue weighted by atomic mass is 10.0. The van der Waals surface area contributed by atoms with Crippen molar-refractivity contribution in [3.05, 3.63) is 35.9 Å². The lowest BCUT2D eigenvalue weighted by molar-refractivity contribution is -0.142. The molecule has 0 saturated heterocycles. The summed E-state index contributed by atoms with van der Waals surface area (Å²) in [6.07, 6.45) is 2.75. The van der Waals surface area contributed by atoms with E-state index in [1.807, 2.05) is 44.2 Å². The van der Waals surface area contributed by atoms with Crippen molar-refractivity contribution >= 4 is 17.9 Å². The Balaban J connectivity index is 3.20. The van der Waals surface area contributed by atoms with Gasteiger partial charge in [0.25, 0.3) is 0 Å². The summed E-state index contributed by atoms with van der Waals surface area (Å²) >= 11 is 0. The van der Waals surface area contributed by atoms with Crippen molar-refractivity contribution in [2.45, 2.75) is 97.9 Å². The second kappa shape index (κ2) is 13.1. The Morgan fingerprint density at radius 1 is 1.00 bits per heavy atom. The van der Waals surface area contributed by atoms with Crippen molar-refractivity contribution in [3.8, 4) is 0 Å². The van der Waals surface area contributed by atoms with E-state index in [1.165, 1.54) is 0 Å². The van der Waals surface area contributed by atoms with Gasteiger partial charge in [0.2, 0.25) is 11.8 Å². The van der Waals surface area contributed by atoms with E-state index < -0.39 is 23.8 Å². The van der Waals surface area contributed by atoms with Gasteiger partial charge in [0.05, 0.1) is 0 Å². The highest BCUT2D eigenvalue weighted by atomic mass is 16.6. The molecule has 0 fully saturated rings. The molecule has 32 heavy (non-hydrogen) atoms. The first kappa shape index (κ1) is 27.5. The predicted octanol–water partition coefficient (Wildman–Crippen LogP) is 4.57. The highest BCUT2D eigenvalue weighted by molar-refractivity contribution is 5.92. The van der Waals surface area contributed by atoms with Crippen LogP contribution in [-0.2, 0) is 14.3 Å². The minimum absolute atomic E-state index is 0.000786. The Morgan fingerprint density at radius 2 is 1.62 bits per heavy atom. The number of ether oxygens (including phenoxy) is 1. The molecule has 3 atom stereocenters. The summed E-state index contributed by atoms with van der Waals surface area (Å²) < 4.78 is 5.29. The zero-order valence-corrected chi connectivity index (χ0v) is 20.7. The minimum Gasteiger partial charge on any atom is -0.444 e. The second-order valence-electron chi connectivity index (χ2n) is 9.26. The normalized spacial score (nSPS) is 14.1. The van der Waals surface area contributed by atoms with Crippen LogP contribution in [0.1, 0.15) is 85.8 Å². The smallest absolute Gasteiger partial charge is 0.408 e. The van der Waals surface area contributed by atoms with Crippen LogP contribution in [-0.4, -0.2) is 47.0 Å². The average molecular weight is 448 g/mol. The van der Waals surface area contributed by atoms with Crippen LogP contribution in [0.25, 0.3) is 0 Å². The fourth-order valence-electron chi connectivity index (χ4n) is 3.42. The van der Waals surface area contributed by atoms with Crippen LogP contribution in [0, 0.1) is 0 Å². The van der Waals surface area contributed by atoms with Crippen molar-refractivity contribution in [2.24, 2.45) is 0 Å². The van der Waals surface area contributed by atoms with Gasteiger partial charge in [-0.05, 0) is 53.0 Å². The van der Waals surface area contributed by atoms with E-state index in [9.17, 15) is 14.4 Å². The first-order valence-corrected chi connectivity index (χ1v) is 11.6. The molecule has 3 unspecified atom stereocenters. The number of nitrogens with zero attached hydrogens (tertiary/aromatic N) is 1. The molecule has 7 nitrogen and oxygen atoms in total. The molecular formula is C25H41N3O4. The van der Waals surface area contributed by atoms with Gasteiger partial charge in [-0.3, -0.25) is 9.59 Å². The Bertz CT molecular complexity index is 730. The number of unbranched alkanes of at least 4 members (excludes halogenated alkanes) is 1. The maximum atomic E-state index is 13.5. The molecule has 1 rings (SSSR count). The summed E-state index contributed by atoms with van der Waals surface area (Å²) in [6, 6.07) is 7.68. The van der Waals surface area contributed by atoms with Gasteiger partial charge in [0.1, 0.15) is 17.7 Å². The number of hydrogen-bond donors (Lipinski definition) is 2. The highest BCUT2D eigenvalue weighted by Crippen LogP contribution is 2.23. The third kappa shape index (κ3) is 9.28. The Kier molecular flexibility index (Phi) is 11.2. The molecule has 7 heteroatoms. The second-order valence-corrected chi connectivity index (χ2v) is 9.26. The van der Waals surface area contributed by atoms with E-state index in [0.717, 1.165) is 31.2 Å². The molecule has 2 N–H and O–H groups in total. The van der Waals surface area contributed by atoms with E-state index in [0.29, 0.717) is 6.54 Å². The van der Waals surface area contributed by atoms with Gasteiger partial charge in [0.15, 0.2) is 0 Å². The molecule has 0 aliphatic rings. The molecule has 0 aromatic heterocycles.